The van der Waals surface area contributed by atoms with Gasteiger partial charge in [0.15, 0.2) is 0 Å². The van der Waals surface area contributed by atoms with Crippen LogP contribution in [0.5, 0.6) is 0 Å². The van der Waals surface area contributed by atoms with Gasteiger partial charge in [0.2, 0.25) is 0 Å². The van der Waals surface area contributed by atoms with Crippen LogP contribution in [0.15, 0.2) is 24.9 Å². The minimum atomic E-state index is 0.985. The van der Waals surface area contributed by atoms with E-state index >= 15 is 0 Å². The van der Waals surface area contributed by atoms with Gasteiger partial charge in [0.1, 0.15) is 0 Å². The summed E-state index contributed by atoms with van der Waals surface area (Å²) in [5.41, 5.74) is 5.63. The van der Waals surface area contributed by atoms with Crippen LogP contribution in [0.1, 0.15) is 25.1 Å². The van der Waals surface area contributed by atoms with E-state index in [1.807, 2.05) is 25.3 Å². The largest absolute Gasteiger partial charge is 0.357 e. The highest BCUT2D eigenvalue weighted by molar-refractivity contribution is 5.90. The van der Waals surface area contributed by atoms with E-state index in [2.05, 4.69) is 23.5 Å². The number of aryl methyl sites for hydroxylation is 1. The van der Waals surface area contributed by atoms with Gasteiger partial charge in [-0.15, -0.1) is 0 Å². The molecule has 0 spiro atoms. The second kappa shape index (κ2) is 3.29. The number of pyridine rings is 1. The Balaban J connectivity index is 2.81. The summed E-state index contributed by atoms with van der Waals surface area (Å²) in [4.78, 5) is 7.75. The molecule has 2 aromatic rings. The summed E-state index contributed by atoms with van der Waals surface area (Å²) in [6, 6.07) is 3.99. The first kappa shape index (κ1) is 9.00. The maximum atomic E-state index is 4.38. The lowest BCUT2D eigenvalue weighted by molar-refractivity contribution is 1.07. The lowest BCUT2D eigenvalue weighted by Crippen LogP contribution is -1.86. The summed E-state index contributed by atoms with van der Waals surface area (Å²) in [5, 5.41) is 0. The molecule has 2 nitrogen and oxygen atoms in total. The predicted molar refractivity (Wildman–Crippen MR) is 60.2 cm³/mol. The molecule has 0 bridgehead atoms. The van der Waals surface area contributed by atoms with Gasteiger partial charge >= 0.3 is 0 Å². The first-order valence-electron chi connectivity index (χ1n) is 4.85. The van der Waals surface area contributed by atoms with Crippen LogP contribution < -0.4 is 0 Å². The third-order valence-electron chi connectivity index (χ3n) is 2.41. The first-order valence-corrected chi connectivity index (χ1v) is 4.85. The Bertz CT molecular complexity index is 480. The Hall–Kier alpha value is -1.57. The quantitative estimate of drug-likeness (QED) is 0.766. The van der Waals surface area contributed by atoms with Gasteiger partial charge in [-0.05, 0) is 31.1 Å². The zero-order valence-corrected chi connectivity index (χ0v) is 8.59. The molecule has 0 saturated carbocycles. The van der Waals surface area contributed by atoms with Gasteiger partial charge in [-0.1, -0.05) is 13.5 Å². The zero-order valence-electron chi connectivity index (χ0n) is 8.59. The van der Waals surface area contributed by atoms with E-state index in [1.54, 1.807) is 0 Å². The van der Waals surface area contributed by atoms with Gasteiger partial charge in [-0.25, -0.2) is 0 Å². The Morgan fingerprint density at radius 1 is 1.57 bits per heavy atom. The van der Waals surface area contributed by atoms with Gasteiger partial charge < -0.3 is 4.98 Å². The molecule has 2 heterocycles. The molecule has 0 aromatic carbocycles. The standard InChI is InChI=1S/C12H14N2/c1-4-9-11(8(2)3)12-10(14-9)6-5-7-13-12/h5-7,14H,2,4H2,1,3H3. The van der Waals surface area contributed by atoms with E-state index in [1.165, 1.54) is 11.3 Å². The lowest BCUT2D eigenvalue weighted by atomic mass is 10.1. The van der Waals surface area contributed by atoms with Crippen molar-refractivity contribution >= 4 is 16.6 Å². The highest BCUT2D eigenvalue weighted by atomic mass is 14.8. The monoisotopic (exact) mass is 186 g/mol. The zero-order chi connectivity index (χ0) is 10.1. The van der Waals surface area contributed by atoms with E-state index in [0.29, 0.717) is 0 Å². The molecule has 0 aliphatic heterocycles. The summed E-state index contributed by atoms with van der Waals surface area (Å²) in [6.07, 6.45) is 2.81. The van der Waals surface area contributed by atoms with Crippen LogP contribution in [0.4, 0.5) is 0 Å². The number of nitrogens with zero attached hydrogens (tertiary/aromatic N) is 1. The highest BCUT2D eigenvalue weighted by Gasteiger charge is 2.10. The number of aromatic nitrogens is 2. The molecule has 0 amide bonds. The molecule has 0 aliphatic rings. The number of nitrogens with one attached hydrogen (secondary N) is 1. The van der Waals surface area contributed by atoms with Crippen molar-refractivity contribution in [2.45, 2.75) is 20.3 Å². The van der Waals surface area contributed by atoms with E-state index in [4.69, 9.17) is 0 Å². The molecule has 72 valence electrons. The molecule has 2 aromatic heterocycles. The minimum Gasteiger partial charge on any atom is -0.357 e. The normalized spacial score (nSPS) is 10.7. The van der Waals surface area contributed by atoms with E-state index in [-0.39, 0.29) is 0 Å². The van der Waals surface area contributed by atoms with E-state index in [9.17, 15) is 0 Å². The fraction of sp³-hybridized carbons (Fsp3) is 0.250. The van der Waals surface area contributed by atoms with Crippen molar-refractivity contribution in [2.75, 3.05) is 0 Å². The summed E-state index contributed by atoms with van der Waals surface area (Å²) < 4.78 is 0. The Labute approximate surface area is 83.7 Å². The molecule has 2 heteroatoms. The van der Waals surface area contributed by atoms with Crippen LogP contribution in [0, 0.1) is 0 Å². The van der Waals surface area contributed by atoms with Crippen molar-refractivity contribution < 1.29 is 0 Å². The van der Waals surface area contributed by atoms with Crippen molar-refractivity contribution in [1.29, 1.82) is 0 Å². The third kappa shape index (κ3) is 1.23. The van der Waals surface area contributed by atoms with Crippen LogP contribution >= 0.6 is 0 Å². The van der Waals surface area contributed by atoms with Crippen molar-refractivity contribution in [1.82, 2.24) is 9.97 Å². The third-order valence-corrected chi connectivity index (χ3v) is 2.41. The number of allylic oxidation sites excluding steroid dienone is 1. The number of hydrogen-bond acceptors (Lipinski definition) is 1. The Morgan fingerprint density at radius 2 is 2.36 bits per heavy atom. The molecule has 0 atom stereocenters. The molecule has 1 N–H and O–H groups in total. The second-order valence-electron chi connectivity index (χ2n) is 3.51. The van der Waals surface area contributed by atoms with Crippen molar-refractivity contribution in [3.8, 4) is 0 Å². The van der Waals surface area contributed by atoms with Crippen LogP contribution in [0.25, 0.3) is 16.6 Å². The number of rotatable bonds is 2. The predicted octanol–water partition coefficient (Wildman–Crippen LogP) is 3.16. The fourth-order valence-corrected chi connectivity index (χ4v) is 1.80. The van der Waals surface area contributed by atoms with Crippen molar-refractivity contribution in [3.05, 3.63) is 36.2 Å². The van der Waals surface area contributed by atoms with Gasteiger partial charge in [0.05, 0.1) is 11.0 Å². The molecule has 2 rings (SSSR count). The van der Waals surface area contributed by atoms with Crippen molar-refractivity contribution in [2.24, 2.45) is 0 Å². The average molecular weight is 186 g/mol. The molecule has 0 fully saturated rings. The first-order chi connectivity index (χ1) is 6.74. The van der Waals surface area contributed by atoms with Crippen LogP contribution in [0.2, 0.25) is 0 Å². The Kier molecular flexibility index (Phi) is 2.12. The molecule has 0 saturated heterocycles. The topological polar surface area (TPSA) is 28.7 Å². The van der Waals surface area contributed by atoms with Gasteiger partial charge in [-0.3, -0.25) is 4.98 Å². The summed E-state index contributed by atoms with van der Waals surface area (Å²) in [6.45, 7) is 8.16. The Morgan fingerprint density at radius 3 is 3.00 bits per heavy atom. The maximum Gasteiger partial charge on any atom is 0.0956 e. The molecular formula is C12H14N2. The number of fused-ring (bicyclic) bond motifs is 1. The van der Waals surface area contributed by atoms with Crippen LogP contribution in [-0.2, 0) is 6.42 Å². The second-order valence-corrected chi connectivity index (χ2v) is 3.51. The molecule has 0 radical (unpaired) electrons. The van der Waals surface area contributed by atoms with Crippen LogP contribution in [0.3, 0.4) is 0 Å². The molecule has 14 heavy (non-hydrogen) atoms. The van der Waals surface area contributed by atoms with Crippen LogP contribution in [-0.4, -0.2) is 9.97 Å². The summed E-state index contributed by atoms with van der Waals surface area (Å²) in [7, 11) is 0. The fourth-order valence-electron chi connectivity index (χ4n) is 1.80. The number of hydrogen-bond donors (Lipinski definition) is 1. The van der Waals surface area contributed by atoms with Crippen molar-refractivity contribution in [3.63, 3.8) is 0 Å². The summed E-state index contributed by atoms with van der Waals surface area (Å²) in [5.74, 6) is 0. The number of aromatic amines is 1. The SMILES string of the molecule is C=C(C)c1c(CC)[nH]c2cccnc12. The minimum absolute atomic E-state index is 0.985. The maximum absolute atomic E-state index is 4.38. The van der Waals surface area contributed by atoms with E-state index in [0.717, 1.165) is 23.0 Å². The summed E-state index contributed by atoms with van der Waals surface area (Å²) >= 11 is 0. The highest BCUT2D eigenvalue weighted by Crippen LogP contribution is 2.26. The molecular weight excluding hydrogens is 172 g/mol. The lowest BCUT2D eigenvalue weighted by Gasteiger charge is -1.99. The van der Waals surface area contributed by atoms with Gasteiger partial charge in [0, 0.05) is 17.5 Å². The van der Waals surface area contributed by atoms with Gasteiger partial charge in [0.25, 0.3) is 0 Å². The van der Waals surface area contributed by atoms with E-state index < -0.39 is 0 Å². The number of H-pyrrole nitrogens is 1. The smallest absolute Gasteiger partial charge is 0.0956 e. The average Bonchev–Trinajstić information content (AvgIpc) is 2.55. The molecule has 0 unspecified atom stereocenters. The van der Waals surface area contributed by atoms with Gasteiger partial charge in [-0.2, -0.15) is 0 Å². The molecule has 0 aliphatic carbocycles.